The standard InChI is InChI=1S/C10H18N4O/c1-2-5-12-9(3-1)7-11-6-4-10-13-8-14-15-10/h8-9,11-12H,1-7H2. The average molecular weight is 210 g/mol. The minimum absolute atomic E-state index is 0.640. The van der Waals surface area contributed by atoms with Gasteiger partial charge in [0.15, 0.2) is 6.33 Å². The first-order chi connectivity index (χ1) is 7.45. The van der Waals surface area contributed by atoms with Gasteiger partial charge in [-0.25, -0.2) is 0 Å². The predicted octanol–water partition coefficient (Wildman–Crippen LogP) is 0.344. The summed E-state index contributed by atoms with van der Waals surface area (Å²) in [6, 6.07) is 0.640. The summed E-state index contributed by atoms with van der Waals surface area (Å²) in [5.74, 6) is 0.708. The summed E-state index contributed by atoms with van der Waals surface area (Å²) in [6.07, 6.45) is 6.21. The van der Waals surface area contributed by atoms with E-state index in [1.54, 1.807) is 0 Å². The highest BCUT2D eigenvalue weighted by atomic mass is 16.5. The van der Waals surface area contributed by atoms with Gasteiger partial charge in [-0.3, -0.25) is 0 Å². The van der Waals surface area contributed by atoms with Crippen LogP contribution < -0.4 is 10.6 Å². The third-order valence-electron chi connectivity index (χ3n) is 2.73. The van der Waals surface area contributed by atoms with E-state index in [0.29, 0.717) is 11.9 Å². The van der Waals surface area contributed by atoms with Gasteiger partial charge in [0.25, 0.3) is 0 Å². The molecule has 2 rings (SSSR count). The lowest BCUT2D eigenvalue weighted by molar-refractivity contribution is 0.363. The summed E-state index contributed by atoms with van der Waals surface area (Å²) < 4.78 is 4.91. The van der Waals surface area contributed by atoms with Crippen LogP contribution in [0.5, 0.6) is 0 Å². The van der Waals surface area contributed by atoms with E-state index in [1.165, 1.54) is 25.6 Å². The molecule has 0 amide bonds. The smallest absolute Gasteiger partial charge is 0.227 e. The van der Waals surface area contributed by atoms with Gasteiger partial charge >= 0.3 is 0 Å². The quantitative estimate of drug-likeness (QED) is 0.686. The Morgan fingerprint density at radius 3 is 3.27 bits per heavy atom. The third-order valence-corrected chi connectivity index (χ3v) is 2.73. The molecule has 1 atom stereocenters. The molecule has 84 valence electrons. The maximum Gasteiger partial charge on any atom is 0.227 e. The molecule has 2 heterocycles. The molecular formula is C10H18N4O. The van der Waals surface area contributed by atoms with Crippen molar-refractivity contribution in [1.82, 2.24) is 20.8 Å². The summed E-state index contributed by atoms with van der Waals surface area (Å²) in [6.45, 7) is 3.10. The fraction of sp³-hybridized carbons (Fsp3) is 0.800. The molecule has 1 aliphatic rings. The Balaban J connectivity index is 1.54. The molecular weight excluding hydrogens is 192 g/mol. The van der Waals surface area contributed by atoms with Crippen LogP contribution in [0.25, 0.3) is 0 Å². The van der Waals surface area contributed by atoms with Gasteiger partial charge in [-0.2, -0.15) is 4.98 Å². The van der Waals surface area contributed by atoms with Crippen molar-refractivity contribution in [3.05, 3.63) is 12.2 Å². The minimum Gasteiger partial charge on any atom is -0.340 e. The van der Waals surface area contributed by atoms with Crippen molar-refractivity contribution in [2.45, 2.75) is 31.7 Å². The van der Waals surface area contributed by atoms with Gasteiger partial charge in [-0.05, 0) is 19.4 Å². The van der Waals surface area contributed by atoms with Crippen LogP contribution in [0, 0.1) is 0 Å². The van der Waals surface area contributed by atoms with Gasteiger partial charge < -0.3 is 15.2 Å². The van der Waals surface area contributed by atoms with E-state index < -0.39 is 0 Å². The summed E-state index contributed by atoms with van der Waals surface area (Å²) in [5.41, 5.74) is 0. The van der Waals surface area contributed by atoms with Crippen LogP contribution in [-0.2, 0) is 6.42 Å². The van der Waals surface area contributed by atoms with Crippen LogP contribution in [0.1, 0.15) is 25.2 Å². The van der Waals surface area contributed by atoms with Crippen molar-refractivity contribution in [2.24, 2.45) is 0 Å². The topological polar surface area (TPSA) is 63.0 Å². The second kappa shape index (κ2) is 5.82. The molecule has 1 aromatic rings. The van der Waals surface area contributed by atoms with E-state index >= 15 is 0 Å². The molecule has 1 aromatic heterocycles. The van der Waals surface area contributed by atoms with Gasteiger partial charge in [-0.1, -0.05) is 11.6 Å². The maximum atomic E-state index is 4.91. The fourth-order valence-electron chi connectivity index (χ4n) is 1.88. The van der Waals surface area contributed by atoms with Crippen LogP contribution in [0.3, 0.4) is 0 Å². The van der Waals surface area contributed by atoms with E-state index in [4.69, 9.17) is 4.52 Å². The molecule has 5 nitrogen and oxygen atoms in total. The second-order valence-corrected chi connectivity index (χ2v) is 3.94. The van der Waals surface area contributed by atoms with Gasteiger partial charge in [0.1, 0.15) is 0 Å². The number of rotatable bonds is 5. The van der Waals surface area contributed by atoms with Crippen LogP contribution in [0.15, 0.2) is 10.9 Å². The SMILES string of the molecule is c1noc(CCNCC2CCCCN2)n1. The highest BCUT2D eigenvalue weighted by Crippen LogP contribution is 2.05. The predicted molar refractivity (Wildman–Crippen MR) is 56.5 cm³/mol. The molecule has 5 heteroatoms. The third kappa shape index (κ3) is 3.60. The van der Waals surface area contributed by atoms with Crippen LogP contribution in [0.2, 0.25) is 0 Å². The Hall–Kier alpha value is -0.940. The number of aromatic nitrogens is 2. The van der Waals surface area contributed by atoms with Crippen molar-refractivity contribution < 1.29 is 4.52 Å². The van der Waals surface area contributed by atoms with Gasteiger partial charge in [0.05, 0.1) is 0 Å². The second-order valence-electron chi connectivity index (χ2n) is 3.94. The Morgan fingerprint density at radius 2 is 2.53 bits per heavy atom. The summed E-state index contributed by atoms with van der Waals surface area (Å²) in [4.78, 5) is 3.97. The fourth-order valence-corrected chi connectivity index (χ4v) is 1.88. The largest absolute Gasteiger partial charge is 0.340 e. The molecule has 0 spiro atoms. The van der Waals surface area contributed by atoms with Crippen molar-refractivity contribution >= 4 is 0 Å². The zero-order valence-corrected chi connectivity index (χ0v) is 8.91. The molecule has 1 saturated heterocycles. The number of nitrogens with one attached hydrogen (secondary N) is 2. The van der Waals surface area contributed by atoms with Crippen LogP contribution in [0.4, 0.5) is 0 Å². The normalized spacial score (nSPS) is 21.7. The van der Waals surface area contributed by atoms with Crippen molar-refractivity contribution in [2.75, 3.05) is 19.6 Å². The van der Waals surface area contributed by atoms with Crippen molar-refractivity contribution in [3.63, 3.8) is 0 Å². The van der Waals surface area contributed by atoms with E-state index in [-0.39, 0.29) is 0 Å². The first-order valence-corrected chi connectivity index (χ1v) is 5.65. The number of hydrogen-bond acceptors (Lipinski definition) is 5. The summed E-state index contributed by atoms with van der Waals surface area (Å²) in [7, 11) is 0. The van der Waals surface area contributed by atoms with Crippen LogP contribution in [-0.4, -0.2) is 35.8 Å². The summed E-state index contributed by atoms with van der Waals surface area (Å²) >= 11 is 0. The first-order valence-electron chi connectivity index (χ1n) is 5.65. The Morgan fingerprint density at radius 1 is 1.53 bits per heavy atom. The lowest BCUT2D eigenvalue weighted by atomic mass is 10.1. The van der Waals surface area contributed by atoms with Gasteiger partial charge in [-0.15, -0.1) is 0 Å². The molecule has 1 aliphatic heterocycles. The molecule has 1 unspecified atom stereocenters. The zero-order chi connectivity index (χ0) is 10.3. The molecule has 0 aromatic carbocycles. The lowest BCUT2D eigenvalue weighted by Gasteiger charge is -2.23. The number of nitrogens with zero attached hydrogens (tertiary/aromatic N) is 2. The number of hydrogen-bond donors (Lipinski definition) is 2. The van der Waals surface area contributed by atoms with E-state index in [1.807, 2.05) is 0 Å². The van der Waals surface area contributed by atoms with Crippen molar-refractivity contribution in [3.8, 4) is 0 Å². The average Bonchev–Trinajstić information content (AvgIpc) is 2.79. The van der Waals surface area contributed by atoms with Crippen LogP contribution >= 0.6 is 0 Å². The molecule has 0 saturated carbocycles. The molecule has 2 N–H and O–H groups in total. The molecule has 1 fully saturated rings. The maximum absolute atomic E-state index is 4.91. The van der Waals surface area contributed by atoms with E-state index in [0.717, 1.165) is 26.1 Å². The summed E-state index contributed by atoms with van der Waals surface area (Å²) in [5, 5.41) is 10.5. The lowest BCUT2D eigenvalue weighted by Crippen LogP contribution is -2.42. The van der Waals surface area contributed by atoms with Gasteiger partial charge in [0.2, 0.25) is 5.89 Å². The minimum atomic E-state index is 0.640. The molecule has 15 heavy (non-hydrogen) atoms. The Bertz CT molecular complexity index is 256. The molecule has 0 aliphatic carbocycles. The van der Waals surface area contributed by atoms with Gasteiger partial charge in [0, 0.05) is 25.6 Å². The highest BCUT2D eigenvalue weighted by Gasteiger charge is 2.11. The van der Waals surface area contributed by atoms with Crippen molar-refractivity contribution in [1.29, 1.82) is 0 Å². The zero-order valence-electron chi connectivity index (χ0n) is 8.91. The Kier molecular flexibility index (Phi) is 4.11. The monoisotopic (exact) mass is 210 g/mol. The van der Waals surface area contributed by atoms with E-state index in [9.17, 15) is 0 Å². The molecule has 0 bridgehead atoms. The molecule has 0 radical (unpaired) electrons. The van der Waals surface area contributed by atoms with E-state index in [2.05, 4.69) is 20.8 Å². The first kappa shape index (κ1) is 10.6. The highest BCUT2D eigenvalue weighted by molar-refractivity contribution is 4.78. The Labute approximate surface area is 89.6 Å². The number of piperidine rings is 1.